The number of hydrogen-bond acceptors (Lipinski definition) is 2. The van der Waals surface area contributed by atoms with Crippen molar-refractivity contribution in [2.75, 3.05) is 6.54 Å². The number of amides is 1. The van der Waals surface area contributed by atoms with Crippen LogP contribution in [-0.4, -0.2) is 17.4 Å². The topological polar surface area (TPSA) is 20.3 Å². The number of hydrogen-bond donors (Lipinski definition) is 0. The predicted octanol–water partition coefficient (Wildman–Crippen LogP) is 4.82. The standard InChI is InChI=1S/C16H16F3NOS/c1-2-8-20(10-12-7-9-22-11-12)15(21)13-5-3-4-6-14(13)16(17,18)19/h3-7,9,11H,2,8,10H2,1H3. The monoisotopic (exact) mass is 327 g/mol. The lowest BCUT2D eigenvalue weighted by molar-refractivity contribution is -0.138. The van der Waals surface area contributed by atoms with Crippen LogP contribution in [0.3, 0.4) is 0 Å². The van der Waals surface area contributed by atoms with Crippen molar-refractivity contribution in [3.8, 4) is 0 Å². The van der Waals surface area contributed by atoms with Crippen LogP contribution in [0.5, 0.6) is 0 Å². The van der Waals surface area contributed by atoms with Gasteiger partial charge >= 0.3 is 6.18 Å². The van der Waals surface area contributed by atoms with Crippen LogP contribution in [0.1, 0.15) is 34.8 Å². The molecule has 0 aliphatic carbocycles. The lowest BCUT2D eigenvalue weighted by Crippen LogP contribution is -2.32. The Bertz CT molecular complexity index is 623. The van der Waals surface area contributed by atoms with Gasteiger partial charge in [-0.2, -0.15) is 24.5 Å². The maximum Gasteiger partial charge on any atom is 0.417 e. The zero-order valence-electron chi connectivity index (χ0n) is 12.1. The van der Waals surface area contributed by atoms with E-state index in [9.17, 15) is 18.0 Å². The summed E-state index contributed by atoms with van der Waals surface area (Å²) in [4.78, 5) is 14.0. The Morgan fingerprint density at radius 1 is 1.23 bits per heavy atom. The summed E-state index contributed by atoms with van der Waals surface area (Å²) in [5.41, 5.74) is -0.249. The second-order valence-corrected chi connectivity index (χ2v) is 5.68. The molecular weight excluding hydrogens is 311 g/mol. The van der Waals surface area contributed by atoms with E-state index in [1.54, 1.807) is 0 Å². The van der Waals surface area contributed by atoms with Gasteiger partial charge in [0.2, 0.25) is 0 Å². The minimum absolute atomic E-state index is 0.293. The summed E-state index contributed by atoms with van der Waals surface area (Å²) < 4.78 is 39.2. The van der Waals surface area contributed by atoms with Crippen LogP contribution in [0, 0.1) is 0 Å². The molecule has 2 aromatic rings. The Morgan fingerprint density at radius 3 is 2.55 bits per heavy atom. The Balaban J connectivity index is 2.31. The number of halogens is 3. The molecule has 0 fully saturated rings. The zero-order chi connectivity index (χ0) is 16.2. The number of benzene rings is 1. The van der Waals surface area contributed by atoms with Gasteiger partial charge in [0.15, 0.2) is 0 Å². The molecule has 0 unspecified atom stereocenters. The van der Waals surface area contributed by atoms with Crippen molar-refractivity contribution >= 4 is 17.2 Å². The minimum atomic E-state index is -4.54. The van der Waals surface area contributed by atoms with E-state index in [0.717, 1.165) is 11.6 Å². The molecular formula is C16H16F3NOS. The van der Waals surface area contributed by atoms with Crippen molar-refractivity contribution in [1.82, 2.24) is 4.90 Å². The average Bonchev–Trinajstić information content (AvgIpc) is 2.98. The van der Waals surface area contributed by atoms with E-state index >= 15 is 0 Å². The second-order valence-electron chi connectivity index (χ2n) is 4.90. The Morgan fingerprint density at radius 2 is 1.95 bits per heavy atom. The smallest absolute Gasteiger partial charge is 0.334 e. The molecule has 1 amide bonds. The second kappa shape index (κ2) is 6.96. The van der Waals surface area contributed by atoms with Gasteiger partial charge in [-0.05, 0) is 40.9 Å². The number of carbonyl (C=O) groups is 1. The van der Waals surface area contributed by atoms with E-state index in [1.807, 2.05) is 23.8 Å². The molecule has 0 radical (unpaired) electrons. The third kappa shape index (κ3) is 3.88. The summed E-state index contributed by atoms with van der Waals surface area (Å²) in [5, 5.41) is 3.78. The van der Waals surface area contributed by atoms with Gasteiger partial charge in [-0.15, -0.1) is 0 Å². The van der Waals surface area contributed by atoms with Crippen molar-refractivity contribution in [1.29, 1.82) is 0 Å². The molecule has 118 valence electrons. The van der Waals surface area contributed by atoms with Gasteiger partial charge < -0.3 is 4.90 Å². The normalized spacial score (nSPS) is 11.5. The van der Waals surface area contributed by atoms with Crippen LogP contribution < -0.4 is 0 Å². The van der Waals surface area contributed by atoms with E-state index in [2.05, 4.69) is 0 Å². The first-order valence-corrected chi connectivity index (χ1v) is 7.84. The van der Waals surface area contributed by atoms with Crippen LogP contribution in [0.25, 0.3) is 0 Å². The molecule has 0 aliphatic heterocycles. The number of carbonyl (C=O) groups excluding carboxylic acids is 1. The summed E-state index contributed by atoms with van der Waals surface area (Å²) in [6.07, 6.45) is -3.85. The number of nitrogens with zero attached hydrogens (tertiary/aromatic N) is 1. The molecule has 1 aromatic heterocycles. The van der Waals surface area contributed by atoms with Gasteiger partial charge in [0, 0.05) is 13.1 Å². The quantitative estimate of drug-likeness (QED) is 0.771. The van der Waals surface area contributed by atoms with E-state index in [4.69, 9.17) is 0 Å². The molecule has 6 heteroatoms. The number of alkyl halides is 3. The van der Waals surface area contributed by atoms with E-state index in [-0.39, 0.29) is 5.56 Å². The molecule has 2 nitrogen and oxygen atoms in total. The molecule has 0 spiro atoms. The fourth-order valence-electron chi connectivity index (χ4n) is 2.21. The molecule has 0 saturated heterocycles. The van der Waals surface area contributed by atoms with Crippen molar-refractivity contribution < 1.29 is 18.0 Å². The summed E-state index contributed by atoms with van der Waals surface area (Å²) in [7, 11) is 0. The summed E-state index contributed by atoms with van der Waals surface area (Å²) in [6, 6.07) is 6.81. The van der Waals surface area contributed by atoms with E-state index < -0.39 is 17.6 Å². The van der Waals surface area contributed by atoms with Gasteiger partial charge in [-0.1, -0.05) is 19.1 Å². The third-order valence-corrected chi connectivity index (χ3v) is 3.93. The minimum Gasteiger partial charge on any atom is -0.334 e. The SMILES string of the molecule is CCCN(Cc1ccsc1)C(=O)c1ccccc1C(F)(F)F. The predicted molar refractivity (Wildman–Crippen MR) is 80.8 cm³/mol. The molecule has 0 saturated carbocycles. The molecule has 22 heavy (non-hydrogen) atoms. The van der Waals surface area contributed by atoms with Crippen molar-refractivity contribution in [3.05, 3.63) is 57.8 Å². The van der Waals surface area contributed by atoms with Gasteiger partial charge in [0.25, 0.3) is 5.91 Å². The zero-order valence-corrected chi connectivity index (χ0v) is 12.9. The molecule has 0 aliphatic rings. The summed E-state index contributed by atoms with van der Waals surface area (Å²) >= 11 is 1.50. The summed E-state index contributed by atoms with van der Waals surface area (Å²) in [6.45, 7) is 2.63. The molecule has 1 aromatic carbocycles. The maximum absolute atomic E-state index is 13.1. The summed E-state index contributed by atoms with van der Waals surface area (Å²) in [5.74, 6) is -0.582. The number of rotatable bonds is 5. The maximum atomic E-state index is 13.1. The van der Waals surface area contributed by atoms with Crippen molar-refractivity contribution in [3.63, 3.8) is 0 Å². The first-order valence-electron chi connectivity index (χ1n) is 6.90. The number of thiophene rings is 1. The van der Waals surface area contributed by atoms with Crippen LogP contribution in [0.4, 0.5) is 13.2 Å². The van der Waals surface area contributed by atoms with Crippen LogP contribution in [0.2, 0.25) is 0 Å². The molecule has 0 bridgehead atoms. The van der Waals surface area contributed by atoms with Crippen LogP contribution in [-0.2, 0) is 12.7 Å². The van der Waals surface area contributed by atoms with Crippen molar-refractivity contribution in [2.24, 2.45) is 0 Å². The first-order chi connectivity index (χ1) is 10.4. The van der Waals surface area contributed by atoms with Crippen LogP contribution >= 0.6 is 11.3 Å². The first kappa shape index (κ1) is 16.5. The molecule has 0 atom stereocenters. The molecule has 1 heterocycles. The molecule has 2 rings (SSSR count). The average molecular weight is 327 g/mol. The van der Waals surface area contributed by atoms with Gasteiger partial charge in [0.05, 0.1) is 11.1 Å². The Kier molecular flexibility index (Phi) is 5.24. The Hall–Kier alpha value is -1.82. The molecule has 0 N–H and O–H groups in total. The third-order valence-electron chi connectivity index (χ3n) is 3.20. The van der Waals surface area contributed by atoms with E-state index in [0.29, 0.717) is 19.5 Å². The van der Waals surface area contributed by atoms with Gasteiger partial charge in [0.1, 0.15) is 0 Å². The fraction of sp³-hybridized carbons (Fsp3) is 0.312. The van der Waals surface area contributed by atoms with Crippen LogP contribution in [0.15, 0.2) is 41.1 Å². The highest BCUT2D eigenvalue weighted by atomic mass is 32.1. The highest BCUT2D eigenvalue weighted by Gasteiger charge is 2.35. The van der Waals surface area contributed by atoms with E-state index in [1.165, 1.54) is 34.4 Å². The van der Waals surface area contributed by atoms with Gasteiger partial charge in [-0.25, -0.2) is 0 Å². The lowest BCUT2D eigenvalue weighted by atomic mass is 10.1. The lowest BCUT2D eigenvalue weighted by Gasteiger charge is -2.23. The van der Waals surface area contributed by atoms with Crippen molar-refractivity contribution in [2.45, 2.75) is 26.1 Å². The highest BCUT2D eigenvalue weighted by Crippen LogP contribution is 2.32. The highest BCUT2D eigenvalue weighted by molar-refractivity contribution is 7.07. The Labute approximate surface area is 131 Å². The van der Waals surface area contributed by atoms with Gasteiger partial charge in [-0.3, -0.25) is 4.79 Å². The largest absolute Gasteiger partial charge is 0.417 e. The fourth-order valence-corrected chi connectivity index (χ4v) is 2.87.